The zero-order valence-electron chi connectivity index (χ0n) is 14.1. The fraction of sp³-hybridized carbons (Fsp3) is 1.00. The maximum Gasteiger partial charge on any atom is 0.00893 e. The summed E-state index contributed by atoms with van der Waals surface area (Å²) < 4.78 is 0. The predicted molar refractivity (Wildman–Crippen MR) is 88.1 cm³/mol. The van der Waals surface area contributed by atoms with Crippen molar-refractivity contribution in [1.82, 2.24) is 9.80 Å². The van der Waals surface area contributed by atoms with Crippen LogP contribution in [0.15, 0.2) is 0 Å². The Morgan fingerprint density at radius 3 is 2.40 bits per heavy atom. The third-order valence-electron chi connectivity index (χ3n) is 5.81. The highest BCUT2D eigenvalue weighted by Gasteiger charge is 2.23. The Morgan fingerprint density at radius 2 is 1.75 bits per heavy atom. The molecule has 118 valence electrons. The van der Waals surface area contributed by atoms with Crippen LogP contribution in [0, 0.1) is 11.8 Å². The van der Waals surface area contributed by atoms with E-state index in [4.69, 9.17) is 0 Å². The zero-order valence-corrected chi connectivity index (χ0v) is 14.1. The van der Waals surface area contributed by atoms with Gasteiger partial charge in [-0.25, -0.2) is 0 Å². The van der Waals surface area contributed by atoms with Gasteiger partial charge in [0.05, 0.1) is 0 Å². The molecule has 2 heteroatoms. The molecular weight excluding hydrogens is 244 g/mol. The topological polar surface area (TPSA) is 6.48 Å². The van der Waals surface area contributed by atoms with Crippen LogP contribution in [0.4, 0.5) is 0 Å². The van der Waals surface area contributed by atoms with Crippen LogP contribution in [0.25, 0.3) is 0 Å². The van der Waals surface area contributed by atoms with E-state index in [-0.39, 0.29) is 0 Å². The first-order valence-electron chi connectivity index (χ1n) is 9.07. The molecule has 1 atom stereocenters. The SMILES string of the molecule is CCC1CCCN(CCCC2CCC(N(C)C)CC2)C1. The average Bonchev–Trinajstić information content (AvgIpc) is 2.48. The lowest BCUT2D eigenvalue weighted by Gasteiger charge is -2.34. The van der Waals surface area contributed by atoms with Crippen molar-refractivity contribution in [3.8, 4) is 0 Å². The summed E-state index contributed by atoms with van der Waals surface area (Å²) in [5.74, 6) is 2.01. The van der Waals surface area contributed by atoms with Crippen molar-refractivity contribution in [2.75, 3.05) is 33.7 Å². The highest BCUT2D eigenvalue weighted by atomic mass is 15.1. The molecule has 1 heterocycles. The second kappa shape index (κ2) is 8.38. The van der Waals surface area contributed by atoms with Gasteiger partial charge in [-0.3, -0.25) is 0 Å². The lowest BCUT2D eigenvalue weighted by molar-refractivity contribution is 0.156. The van der Waals surface area contributed by atoms with Crippen LogP contribution in [-0.2, 0) is 0 Å². The van der Waals surface area contributed by atoms with Crippen LogP contribution in [0.3, 0.4) is 0 Å². The molecule has 0 bridgehead atoms. The highest BCUT2D eigenvalue weighted by molar-refractivity contribution is 4.78. The van der Waals surface area contributed by atoms with Crippen LogP contribution in [0.1, 0.15) is 64.7 Å². The maximum atomic E-state index is 2.74. The van der Waals surface area contributed by atoms with E-state index >= 15 is 0 Å². The number of nitrogens with zero attached hydrogens (tertiary/aromatic N) is 2. The Morgan fingerprint density at radius 1 is 1.00 bits per heavy atom. The number of piperidine rings is 1. The van der Waals surface area contributed by atoms with E-state index in [9.17, 15) is 0 Å². The average molecular weight is 281 g/mol. The molecule has 0 aromatic rings. The smallest absolute Gasteiger partial charge is 0.00893 e. The van der Waals surface area contributed by atoms with E-state index in [0.717, 1.165) is 17.9 Å². The fourth-order valence-electron chi connectivity index (χ4n) is 4.24. The van der Waals surface area contributed by atoms with Gasteiger partial charge in [0.25, 0.3) is 0 Å². The standard InChI is InChI=1S/C18H36N2/c1-4-16-7-5-13-20(15-16)14-6-8-17-9-11-18(12-10-17)19(2)3/h16-18H,4-15H2,1-3H3. The summed E-state index contributed by atoms with van der Waals surface area (Å²) >= 11 is 0. The molecule has 2 aliphatic rings. The van der Waals surface area contributed by atoms with Gasteiger partial charge in [0.15, 0.2) is 0 Å². The summed E-state index contributed by atoms with van der Waals surface area (Å²) in [6.45, 7) is 6.47. The summed E-state index contributed by atoms with van der Waals surface area (Å²) in [5.41, 5.74) is 0. The second-order valence-corrected chi connectivity index (χ2v) is 7.50. The molecule has 1 aliphatic heterocycles. The highest BCUT2D eigenvalue weighted by Crippen LogP contribution is 2.30. The van der Waals surface area contributed by atoms with Crippen molar-refractivity contribution in [2.45, 2.75) is 70.8 Å². The fourth-order valence-corrected chi connectivity index (χ4v) is 4.24. The summed E-state index contributed by atoms with van der Waals surface area (Å²) in [5, 5.41) is 0. The lowest BCUT2D eigenvalue weighted by atomic mass is 9.83. The van der Waals surface area contributed by atoms with Gasteiger partial charge in [0, 0.05) is 12.6 Å². The lowest BCUT2D eigenvalue weighted by Crippen LogP contribution is -2.36. The molecule has 2 fully saturated rings. The third-order valence-corrected chi connectivity index (χ3v) is 5.81. The van der Waals surface area contributed by atoms with E-state index in [1.807, 2.05) is 0 Å². The first-order valence-corrected chi connectivity index (χ1v) is 9.07. The first-order chi connectivity index (χ1) is 9.69. The molecule has 2 nitrogen and oxygen atoms in total. The summed E-state index contributed by atoms with van der Waals surface area (Å²) in [4.78, 5) is 5.16. The van der Waals surface area contributed by atoms with Gasteiger partial charge >= 0.3 is 0 Å². The number of likely N-dealkylation sites (tertiary alicyclic amines) is 1. The van der Waals surface area contributed by atoms with Crippen LogP contribution >= 0.6 is 0 Å². The number of rotatable bonds is 6. The Bertz CT molecular complexity index is 256. The molecule has 0 aromatic carbocycles. The Labute approximate surface area is 126 Å². The van der Waals surface area contributed by atoms with Crippen molar-refractivity contribution >= 4 is 0 Å². The number of hydrogen-bond donors (Lipinski definition) is 0. The van der Waals surface area contributed by atoms with Crippen molar-refractivity contribution in [2.24, 2.45) is 11.8 Å². The van der Waals surface area contributed by atoms with Crippen molar-refractivity contribution in [3.63, 3.8) is 0 Å². The molecule has 1 unspecified atom stereocenters. The molecular formula is C18H36N2. The van der Waals surface area contributed by atoms with E-state index in [1.54, 1.807) is 0 Å². The molecule has 0 aromatic heterocycles. The molecule has 0 radical (unpaired) electrons. The molecule has 1 saturated heterocycles. The quantitative estimate of drug-likeness (QED) is 0.725. The van der Waals surface area contributed by atoms with E-state index in [1.165, 1.54) is 77.4 Å². The van der Waals surface area contributed by atoms with Gasteiger partial charge in [-0.05, 0) is 90.4 Å². The van der Waals surface area contributed by atoms with Gasteiger partial charge in [-0.2, -0.15) is 0 Å². The van der Waals surface area contributed by atoms with Crippen LogP contribution in [0.5, 0.6) is 0 Å². The molecule has 1 saturated carbocycles. The maximum absolute atomic E-state index is 2.74. The van der Waals surface area contributed by atoms with Crippen LogP contribution < -0.4 is 0 Å². The van der Waals surface area contributed by atoms with E-state index in [2.05, 4.69) is 30.8 Å². The zero-order chi connectivity index (χ0) is 14.4. The molecule has 20 heavy (non-hydrogen) atoms. The summed E-state index contributed by atoms with van der Waals surface area (Å²) in [7, 11) is 4.48. The monoisotopic (exact) mass is 280 g/mol. The summed E-state index contributed by atoms with van der Waals surface area (Å²) in [6.07, 6.45) is 13.0. The Balaban J connectivity index is 1.57. The third kappa shape index (κ3) is 5.04. The largest absolute Gasteiger partial charge is 0.306 e. The van der Waals surface area contributed by atoms with Crippen LogP contribution in [0.2, 0.25) is 0 Å². The first kappa shape index (κ1) is 16.3. The molecule has 0 spiro atoms. The normalized spacial score (nSPS) is 32.7. The minimum Gasteiger partial charge on any atom is -0.306 e. The Hall–Kier alpha value is -0.0800. The van der Waals surface area contributed by atoms with Crippen molar-refractivity contribution < 1.29 is 0 Å². The molecule has 1 aliphatic carbocycles. The molecule has 0 amide bonds. The van der Waals surface area contributed by atoms with Crippen molar-refractivity contribution in [1.29, 1.82) is 0 Å². The molecule has 2 rings (SSSR count). The molecule has 0 N–H and O–H groups in total. The number of hydrogen-bond acceptors (Lipinski definition) is 2. The van der Waals surface area contributed by atoms with Crippen LogP contribution in [-0.4, -0.2) is 49.6 Å². The second-order valence-electron chi connectivity index (χ2n) is 7.50. The predicted octanol–water partition coefficient (Wildman–Crippen LogP) is 4.01. The van der Waals surface area contributed by atoms with E-state index in [0.29, 0.717) is 0 Å². The summed E-state index contributed by atoms with van der Waals surface area (Å²) in [6, 6.07) is 0.860. The van der Waals surface area contributed by atoms with E-state index < -0.39 is 0 Å². The minimum absolute atomic E-state index is 0.860. The van der Waals surface area contributed by atoms with Crippen molar-refractivity contribution in [3.05, 3.63) is 0 Å². The van der Waals surface area contributed by atoms with Gasteiger partial charge in [0.1, 0.15) is 0 Å². The van der Waals surface area contributed by atoms with Gasteiger partial charge in [0.2, 0.25) is 0 Å². The van der Waals surface area contributed by atoms with Gasteiger partial charge < -0.3 is 9.80 Å². The van der Waals surface area contributed by atoms with Gasteiger partial charge in [-0.1, -0.05) is 13.3 Å². The van der Waals surface area contributed by atoms with Gasteiger partial charge in [-0.15, -0.1) is 0 Å². The minimum atomic E-state index is 0.860. The Kier molecular flexibility index (Phi) is 6.83.